The lowest BCUT2D eigenvalue weighted by molar-refractivity contribution is 0.259. The lowest BCUT2D eigenvalue weighted by atomic mass is 9.71. The zero-order chi connectivity index (χ0) is 10.7. The molecule has 15 heavy (non-hydrogen) atoms. The molecule has 0 unspecified atom stereocenters. The molecule has 0 radical (unpaired) electrons. The van der Waals surface area contributed by atoms with Crippen LogP contribution in [0.5, 0.6) is 5.75 Å². The summed E-state index contributed by atoms with van der Waals surface area (Å²) < 4.78 is 5.24. The van der Waals surface area contributed by atoms with Gasteiger partial charge in [-0.25, -0.2) is 0 Å². The number of hydrogen-bond donors (Lipinski definition) is 1. The Morgan fingerprint density at radius 2 is 2.20 bits per heavy atom. The third-order valence-electron chi connectivity index (χ3n) is 3.29. The van der Waals surface area contributed by atoms with Crippen molar-refractivity contribution in [3.63, 3.8) is 0 Å². The maximum Gasteiger partial charge on any atom is 0.119 e. The maximum atomic E-state index is 5.24. The second-order valence-corrected chi connectivity index (χ2v) is 4.37. The van der Waals surface area contributed by atoms with Crippen LogP contribution in [0.15, 0.2) is 24.3 Å². The van der Waals surface area contributed by atoms with Crippen LogP contribution in [0.3, 0.4) is 0 Å². The first-order valence-corrected chi connectivity index (χ1v) is 5.62. The highest BCUT2D eigenvalue weighted by atomic mass is 16.5. The van der Waals surface area contributed by atoms with Crippen molar-refractivity contribution in [2.24, 2.45) is 5.92 Å². The first-order valence-electron chi connectivity index (χ1n) is 5.62. The first-order chi connectivity index (χ1) is 7.33. The van der Waals surface area contributed by atoms with Gasteiger partial charge in [-0.05, 0) is 56.0 Å². The minimum Gasteiger partial charge on any atom is -0.497 e. The van der Waals surface area contributed by atoms with Gasteiger partial charge in [-0.15, -0.1) is 0 Å². The quantitative estimate of drug-likeness (QED) is 0.815. The second kappa shape index (κ2) is 4.67. The minimum absolute atomic E-state index is 0.749. The van der Waals surface area contributed by atoms with E-state index in [-0.39, 0.29) is 0 Å². The van der Waals surface area contributed by atoms with Gasteiger partial charge in [0.25, 0.3) is 0 Å². The topological polar surface area (TPSA) is 21.3 Å². The monoisotopic (exact) mass is 205 g/mol. The van der Waals surface area contributed by atoms with Crippen LogP contribution < -0.4 is 10.1 Å². The van der Waals surface area contributed by atoms with Crippen molar-refractivity contribution in [1.29, 1.82) is 0 Å². The molecule has 2 nitrogen and oxygen atoms in total. The molecule has 1 fully saturated rings. The summed E-state index contributed by atoms with van der Waals surface area (Å²) in [7, 11) is 3.75. The molecular formula is C13H19NO. The van der Waals surface area contributed by atoms with E-state index in [4.69, 9.17) is 4.74 Å². The van der Waals surface area contributed by atoms with Crippen molar-refractivity contribution in [3.05, 3.63) is 29.8 Å². The van der Waals surface area contributed by atoms with Crippen molar-refractivity contribution < 1.29 is 4.74 Å². The number of rotatable bonds is 4. The van der Waals surface area contributed by atoms with Gasteiger partial charge in [-0.1, -0.05) is 12.1 Å². The Morgan fingerprint density at radius 3 is 2.87 bits per heavy atom. The molecule has 0 aromatic heterocycles. The van der Waals surface area contributed by atoms with Crippen molar-refractivity contribution in [2.45, 2.75) is 18.8 Å². The van der Waals surface area contributed by atoms with E-state index in [0.29, 0.717) is 0 Å². The molecule has 0 aliphatic heterocycles. The van der Waals surface area contributed by atoms with Crippen molar-refractivity contribution in [1.82, 2.24) is 5.32 Å². The zero-order valence-electron chi connectivity index (χ0n) is 9.49. The zero-order valence-corrected chi connectivity index (χ0v) is 9.49. The molecular weight excluding hydrogens is 186 g/mol. The lowest BCUT2D eigenvalue weighted by Crippen LogP contribution is -2.30. The molecule has 1 N–H and O–H groups in total. The second-order valence-electron chi connectivity index (χ2n) is 4.37. The van der Waals surface area contributed by atoms with E-state index in [9.17, 15) is 0 Å². The van der Waals surface area contributed by atoms with Gasteiger partial charge in [-0.3, -0.25) is 0 Å². The van der Waals surface area contributed by atoms with Crippen LogP contribution in [0.4, 0.5) is 0 Å². The molecule has 0 atom stereocenters. The lowest BCUT2D eigenvalue weighted by Gasteiger charge is -2.35. The summed E-state index contributed by atoms with van der Waals surface area (Å²) in [5.74, 6) is 2.59. The van der Waals surface area contributed by atoms with Crippen molar-refractivity contribution in [2.75, 3.05) is 20.7 Å². The fraction of sp³-hybridized carbons (Fsp3) is 0.538. The highest BCUT2D eigenvalue weighted by Gasteiger charge is 2.29. The molecule has 1 aromatic carbocycles. The van der Waals surface area contributed by atoms with E-state index >= 15 is 0 Å². The summed E-state index contributed by atoms with van der Waals surface area (Å²) in [5.41, 5.74) is 1.43. The summed E-state index contributed by atoms with van der Waals surface area (Å²) in [4.78, 5) is 0. The van der Waals surface area contributed by atoms with Crippen molar-refractivity contribution >= 4 is 0 Å². The molecule has 1 saturated carbocycles. The SMILES string of the molecule is CNCC1CC(c2cccc(OC)c2)C1. The number of ether oxygens (including phenoxy) is 1. The third-order valence-corrected chi connectivity index (χ3v) is 3.29. The highest BCUT2D eigenvalue weighted by molar-refractivity contribution is 5.32. The summed E-state index contributed by atoms with van der Waals surface area (Å²) >= 11 is 0. The van der Waals surface area contributed by atoms with Gasteiger partial charge in [0.05, 0.1) is 7.11 Å². The summed E-state index contributed by atoms with van der Waals surface area (Å²) in [6.45, 7) is 1.15. The predicted molar refractivity (Wildman–Crippen MR) is 62.4 cm³/mol. The predicted octanol–water partition coefficient (Wildman–Crippen LogP) is 2.41. The van der Waals surface area contributed by atoms with Crippen LogP contribution in [-0.4, -0.2) is 20.7 Å². The molecule has 0 saturated heterocycles. The Kier molecular flexibility index (Phi) is 3.27. The molecule has 0 heterocycles. The number of methoxy groups -OCH3 is 1. The van der Waals surface area contributed by atoms with Crippen LogP contribution in [0, 0.1) is 5.92 Å². The van der Waals surface area contributed by atoms with Gasteiger partial charge in [0.1, 0.15) is 5.75 Å². The first kappa shape index (κ1) is 10.5. The highest BCUT2D eigenvalue weighted by Crippen LogP contribution is 2.41. The van der Waals surface area contributed by atoms with E-state index < -0.39 is 0 Å². The molecule has 1 aliphatic carbocycles. The Morgan fingerprint density at radius 1 is 1.40 bits per heavy atom. The Hall–Kier alpha value is -1.02. The molecule has 0 amide bonds. The Labute approximate surface area is 91.6 Å². The smallest absolute Gasteiger partial charge is 0.119 e. The average Bonchev–Trinajstić information content (AvgIpc) is 2.23. The van der Waals surface area contributed by atoms with Gasteiger partial charge in [-0.2, -0.15) is 0 Å². The van der Waals surface area contributed by atoms with Gasteiger partial charge in [0, 0.05) is 0 Å². The summed E-state index contributed by atoms with van der Waals surface area (Å²) in [5, 5.41) is 3.24. The molecule has 2 rings (SSSR count). The Balaban J connectivity index is 1.94. The summed E-state index contributed by atoms with van der Waals surface area (Å²) in [6, 6.07) is 8.47. The van der Waals surface area contributed by atoms with Crippen LogP contribution in [0.25, 0.3) is 0 Å². The number of hydrogen-bond acceptors (Lipinski definition) is 2. The van der Waals surface area contributed by atoms with Crippen LogP contribution >= 0.6 is 0 Å². The van der Waals surface area contributed by atoms with Crippen LogP contribution in [-0.2, 0) is 0 Å². The van der Waals surface area contributed by atoms with Gasteiger partial charge < -0.3 is 10.1 Å². The van der Waals surface area contributed by atoms with Crippen molar-refractivity contribution in [3.8, 4) is 5.75 Å². The molecule has 82 valence electrons. The van der Waals surface area contributed by atoms with E-state index in [0.717, 1.165) is 24.1 Å². The standard InChI is InChI=1S/C13H19NO/c1-14-9-10-6-12(7-10)11-4-3-5-13(8-11)15-2/h3-5,8,10,12,14H,6-7,9H2,1-2H3. The average molecular weight is 205 g/mol. The third kappa shape index (κ3) is 2.32. The van der Waals surface area contributed by atoms with E-state index in [1.165, 1.54) is 18.4 Å². The maximum absolute atomic E-state index is 5.24. The largest absolute Gasteiger partial charge is 0.497 e. The van der Waals surface area contributed by atoms with E-state index in [1.807, 2.05) is 13.1 Å². The van der Waals surface area contributed by atoms with Crippen LogP contribution in [0.1, 0.15) is 24.3 Å². The fourth-order valence-electron chi connectivity index (χ4n) is 2.36. The van der Waals surface area contributed by atoms with Crippen LogP contribution in [0.2, 0.25) is 0 Å². The fourth-order valence-corrected chi connectivity index (χ4v) is 2.36. The normalized spacial score (nSPS) is 24.7. The molecule has 0 spiro atoms. The van der Waals surface area contributed by atoms with Gasteiger partial charge in [0.15, 0.2) is 0 Å². The Bertz CT molecular complexity index is 318. The molecule has 0 bridgehead atoms. The summed E-state index contributed by atoms with van der Waals surface area (Å²) in [6.07, 6.45) is 2.63. The number of benzene rings is 1. The van der Waals surface area contributed by atoms with Gasteiger partial charge in [0.2, 0.25) is 0 Å². The van der Waals surface area contributed by atoms with E-state index in [2.05, 4.69) is 23.5 Å². The number of nitrogens with one attached hydrogen (secondary N) is 1. The molecule has 2 heteroatoms. The minimum atomic E-state index is 0.749. The van der Waals surface area contributed by atoms with E-state index in [1.54, 1.807) is 7.11 Å². The molecule has 1 aromatic rings. The molecule has 1 aliphatic rings. The van der Waals surface area contributed by atoms with Gasteiger partial charge >= 0.3 is 0 Å².